The molecule has 2 aromatic rings. The van der Waals surface area contributed by atoms with Gasteiger partial charge in [0, 0.05) is 10.0 Å². The molecule has 9 heteroatoms. The molecule has 2 aromatic carbocycles. The van der Waals surface area contributed by atoms with Crippen molar-refractivity contribution in [2.75, 3.05) is 0 Å². The van der Waals surface area contributed by atoms with Gasteiger partial charge in [0.2, 0.25) is 0 Å². The van der Waals surface area contributed by atoms with E-state index < -0.39 is 23.4 Å². The zero-order valence-electron chi connectivity index (χ0n) is 11.5. The van der Waals surface area contributed by atoms with Crippen molar-refractivity contribution in [2.45, 2.75) is 0 Å². The fraction of sp³-hybridized carbons (Fsp3) is 0. The van der Waals surface area contributed by atoms with E-state index in [9.17, 15) is 19.8 Å². The van der Waals surface area contributed by atoms with Gasteiger partial charge in [0.15, 0.2) is 0 Å². The second-order valence-electron chi connectivity index (χ2n) is 3.84. The molecule has 0 heterocycles. The van der Waals surface area contributed by atoms with Gasteiger partial charge < -0.3 is 20.4 Å². The Morgan fingerprint density at radius 1 is 0.783 bits per heavy atom. The number of carbonyl (C=O) groups is 2. The van der Waals surface area contributed by atoms with Crippen LogP contribution in [0.2, 0.25) is 10.0 Å². The van der Waals surface area contributed by atoms with Gasteiger partial charge >= 0.3 is 35.0 Å². The Morgan fingerprint density at radius 2 is 1.09 bits per heavy atom. The summed E-state index contributed by atoms with van der Waals surface area (Å²) in [4.78, 5) is 20.6. The van der Waals surface area contributed by atoms with Gasteiger partial charge in [-0.2, -0.15) is 0 Å². The van der Waals surface area contributed by atoms with Crippen molar-refractivity contribution < 1.29 is 30.0 Å². The molecule has 0 aliphatic carbocycles. The first-order valence-corrected chi connectivity index (χ1v) is 6.39. The number of benzene rings is 2. The predicted octanol–water partition coefficient (Wildman–Crippen LogP) is 1.84. The summed E-state index contributed by atoms with van der Waals surface area (Å²) in [5.74, 6) is -3.78. The van der Waals surface area contributed by atoms with Crippen LogP contribution in [0.25, 0.3) is 0 Å². The van der Waals surface area contributed by atoms with Crippen molar-refractivity contribution in [3.63, 3.8) is 0 Å². The van der Waals surface area contributed by atoms with E-state index in [1.165, 1.54) is 36.4 Å². The van der Waals surface area contributed by atoms with E-state index in [-0.39, 0.29) is 44.2 Å². The third kappa shape index (κ3) is 5.79. The quantitative estimate of drug-likeness (QED) is 0.781. The largest absolute Gasteiger partial charge is 2.00 e. The van der Waals surface area contributed by atoms with E-state index in [1.807, 2.05) is 0 Å². The van der Waals surface area contributed by atoms with Crippen molar-refractivity contribution in [2.24, 2.45) is 0 Å². The molecular weight excluding hydrogens is 359 g/mol. The minimum atomic E-state index is -1.25. The molecule has 0 aromatic heterocycles. The zero-order chi connectivity index (χ0) is 16.9. The molecule has 0 saturated carbocycles. The van der Waals surface area contributed by atoms with Crippen LogP contribution in [-0.4, -0.2) is 45.2 Å². The molecule has 0 aliphatic heterocycles. The Kier molecular flexibility index (Phi) is 8.77. The smallest absolute Gasteiger partial charge is 0.871 e. The molecular formula is C14H8Cl2MgO6. The molecule has 6 nitrogen and oxygen atoms in total. The second-order valence-corrected chi connectivity index (χ2v) is 4.66. The number of hydrogen-bond donors (Lipinski definition) is 2. The van der Waals surface area contributed by atoms with Crippen molar-refractivity contribution in [3.05, 3.63) is 57.6 Å². The average Bonchev–Trinajstić information content (AvgIpc) is 2.45. The van der Waals surface area contributed by atoms with Crippen molar-refractivity contribution in [3.8, 4) is 11.5 Å². The minimum absolute atomic E-state index is 0. The van der Waals surface area contributed by atoms with Crippen molar-refractivity contribution in [1.82, 2.24) is 0 Å². The van der Waals surface area contributed by atoms with Crippen LogP contribution in [0.15, 0.2) is 36.4 Å². The van der Waals surface area contributed by atoms with E-state index in [1.54, 1.807) is 0 Å². The number of carboxylic acids is 2. The Labute approximate surface area is 157 Å². The van der Waals surface area contributed by atoms with E-state index in [4.69, 9.17) is 33.4 Å². The molecule has 2 rings (SSSR count). The first kappa shape index (κ1) is 21.3. The Balaban J connectivity index is 0.000000403. The molecule has 116 valence electrons. The van der Waals surface area contributed by atoms with Crippen LogP contribution in [0, 0.1) is 0 Å². The van der Waals surface area contributed by atoms with Crippen LogP contribution in [0.4, 0.5) is 0 Å². The van der Waals surface area contributed by atoms with Gasteiger partial charge in [-0.25, -0.2) is 9.59 Å². The minimum Gasteiger partial charge on any atom is -0.871 e. The van der Waals surface area contributed by atoms with E-state index >= 15 is 0 Å². The van der Waals surface area contributed by atoms with Crippen molar-refractivity contribution in [1.29, 1.82) is 0 Å². The summed E-state index contributed by atoms with van der Waals surface area (Å²) in [6.45, 7) is 0. The number of para-hydroxylation sites is 2. The van der Waals surface area contributed by atoms with Gasteiger partial charge in [0.1, 0.15) is 0 Å². The van der Waals surface area contributed by atoms with Crippen LogP contribution in [-0.2, 0) is 0 Å². The number of halogens is 2. The summed E-state index contributed by atoms with van der Waals surface area (Å²) in [6.07, 6.45) is 0. The SMILES string of the molecule is O=C(O)c1cccc(Cl)c1[O-].O=C(O)c1cccc(Cl)c1[O-].[Mg+2]. The van der Waals surface area contributed by atoms with Gasteiger partial charge in [-0.3, -0.25) is 0 Å². The van der Waals surface area contributed by atoms with Gasteiger partial charge in [0.25, 0.3) is 0 Å². The van der Waals surface area contributed by atoms with Crippen LogP contribution < -0.4 is 10.2 Å². The number of aromatic carboxylic acids is 2. The summed E-state index contributed by atoms with van der Waals surface area (Å²) in [5, 5.41) is 38.5. The summed E-state index contributed by atoms with van der Waals surface area (Å²) < 4.78 is 0. The first-order valence-electron chi connectivity index (χ1n) is 5.63. The summed E-state index contributed by atoms with van der Waals surface area (Å²) in [7, 11) is 0. The molecule has 0 bridgehead atoms. The molecule has 0 spiro atoms. The van der Waals surface area contributed by atoms with E-state index in [0.717, 1.165) is 0 Å². The molecule has 23 heavy (non-hydrogen) atoms. The van der Waals surface area contributed by atoms with E-state index in [2.05, 4.69) is 0 Å². The topological polar surface area (TPSA) is 121 Å². The zero-order valence-corrected chi connectivity index (χ0v) is 14.4. The molecule has 0 unspecified atom stereocenters. The maximum Gasteiger partial charge on any atom is 2.00 e. The molecule has 0 fully saturated rings. The monoisotopic (exact) mass is 366 g/mol. The second kappa shape index (κ2) is 9.46. The molecule has 2 N–H and O–H groups in total. The van der Waals surface area contributed by atoms with Crippen LogP contribution in [0.5, 0.6) is 11.5 Å². The summed E-state index contributed by atoms with van der Waals surface area (Å²) in [6, 6.07) is 8.00. The summed E-state index contributed by atoms with van der Waals surface area (Å²) >= 11 is 10.8. The molecule has 0 aliphatic rings. The Morgan fingerprint density at radius 3 is 1.30 bits per heavy atom. The standard InChI is InChI=1S/2C7H5ClO3.Mg/c2*8-5-3-1-2-4(6(5)9)7(10)11;/h2*1-3,9H,(H,10,11);/q;;+2/p-2. The fourth-order valence-electron chi connectivity index (χ4n) is 1.35. The molecule has 0 atom stereocenters. The van der Waals surface area contributed by atoms with Gasteiger partial charge in [-0.1, -0.05) is 46.8 Å². The average molecular weight is 367 g/mol. The third-order valence-corrected chi connectivity index (χ3v) is 2.99. The predicted molar refractivity (Wildman–Crippen MR) is 81.5 cm³/mol. The number of hydrogen-bond acceptors (Lipinski definition) is 4. The Bertz CT molecular complexity index is 659. The fourth-order valence-corrected chi connectivity index (χ4v) is 1.70. The van der Waals surface area contributed by atoms with Gasteiger partial charge in [0.05, 0.1) is 11.1 Å². The maximum absolute atomic E-state index is 10.9. The van der Waals surface area contributed by atoms with Gasteiger partial charge in [-0.05, 0) is 24.3 Å². The Hall–Kier alpha value is -1.67. The molecule has 0 saturated heterocycles. The molecule has 0 radical (unpaired) electrons. The number of rotatable bonds is 2. The third-order valence-electron chi connectivity index (χ3n) is 2.39. The number of carboxylic acid groups (broad SMARTS) is 2. The van der Waals surface area contributed by atoms with E-state index in [0.29, 0.717) is 0 Å². The molecule has 0 amide bonds. The van der Waals surface area contributed by atoms with Crippen LogP contribution in [0.1, 0.15) is 20.7 Å². The summed E-state index contributed by atoms with van der Waals surface area (Å²) in [5.41, 5.74) is -0.588. The van der Waals surface area contributed by atoms with Crippen molar-refractivity contribution >= 4 is 58.2 Å². The van der Waals surface area contributed by atoms with Crippen LogP contribution >= 0.6 is 23.2 Å². The normalized spacial score (nSPS) is 9.13. The maximum atomic E-state index is 10.9. The first-order chi connectivity index (χ1) is 10.3. The van der Waals surface area contributed by atoms with Gasteiger partial charge in [-0.15, -0.1) is 0 Å². The van der Waals surface area contributed by atoms with Crippen LogP contribution in [0.3, 0.4) is 0 Å².